The van der Waals surface area contributed by atoms with Gasteiger partial charge in [-0.25, -0.2) is 9.97 Å². The second kappa shape index (κ2) is 11.7. The maximum atomic E-state index is 12.7. The van der Waals surface area contributed by atoms with E-state index in [1.54, 1.807) is 17.5 Å². The largest absolute Gasteiger partial charge is 0.354 e. The van der Waals surface area contributed by atoms with Crippen molar-refractivity contribution in [3.8, 4) is 10.6 Å². The standard InChI is InChI=1S/C23H26ClN5OS.2ClH/c24-18-13-27-23(26-11-8-14-6-9-25-10-7-14)29-21(18)20-12-17-16(2-1-3-19(17)31-20)22(30)28-15-4-5-15;;/h1-3,12-15,25H,4-11H2,(H,28,30)(H,26,27,29);2*1H. The number of nitrogens with one attached hydrogen (secondary N) is 3. The number of nitrogens with zero attached hydrogens (tertiary/aromatic N) is 2. The lowest BCUT2D eigenvalue weighted by atomic mass is 9.95. The number of hydrogen-bond donors (Lipinski definition) is 3. The van der Waals surface area contributed by atoms with Crippen molar-refractivity contribution in [2.45, 2.75) is 38.1 Å². The van der Waals surface area contributed by atoms with Crippen molar-refractivity contribution in [1.29, 1.82) is 0 Å². The molecule has 3 N–H and O–H groups in total. The summed E-state index contributed by atoms with van der Waals surface area (Å²) in [6, 6.07) is 8.20. The van der Waals surface area contributed by atoms with Crippen LogP contribution >= 0.6 is 47.8 Å². The summed E-state index contributed by atoms with van der Waals surface area (Å²) in [7, 11) is 0. The van der Waals surface area contributed by atoms with Crippen LogP contribution in [-0.2, 0) is 0 Å². The zero-order chi connectivity index (χ0) is 21.2. The van der Waals surface area contributed by atoms with Gasteiger partial charge >= 0.3 is 0 Å². The van der Waals surface area contributed by atoms with E-state index in [9.17, 15) is 4.79 Å². The lowest BCUT2D eigenvalue weighted by molar-refractivity contribution is 0.0953. The van der Waals surface area contributed by atoms with Crippen molar-refractivity contribution >= 4 is 69.7 Å². The second-order valence-electron chi connectivity index (χ2n) is 8.37. The van der Waals surface area contributed by atoms with E-state index in [2.05, 4.69) is 20.9 Å². The molecule has 1 aromatic carbocycles. The molecule has 2 fully saturated rings. The number of thiophene rings is 1. The molecule has 0 radical (unpaired) electrons. The molecule has 1 aliphatic carbocycles. The SMILES string of the molecule is Cl.Cl.O=C(NC1CC1)c1cccc2sc(-c3nc(NCCC4CCNCC4)ncc3Cl)cc12. The number of carbonyl (C=O) groups is 1. The Morgan fingerprint density at radius 1 is 1.18 bits per heavy atom. The van der Waals surface area contributed by atoms with Crippen molar-refractivity contribution in [2.75, 3.05) is 25.0 Å². The lowest BCUT2D eigenvalue weighted by Crippen LogP contribution is -2.28. The lowest BCUT2D eigenvalue weighted by Gasteiger charge is -2.22. The van der Waals surface area contributed by atoms with Crippen LogP contribution in [-0.4, -0.2) is 41.6 Å². The summed E-state index contributed by atoms with van der Waals surface area (Å²) in [5.74, 6) is 1.34. The van der Waals surface area contributed by atoms with E-state index in [-0.39, 0.29) is 30.7 Å². The van der Waals surface area contributed by atoms with Crippen LogP contribution < -0.4 is 16.0 Å². The number of hydrogen-bond acceptors (Lipinski definition) is 6. The molecule has 0 unspecified atom stereocenters. The van der Waals surface area contributed by atoms with E-state index in [1.165, 1.54) is 12.8 Å². The first kappa shape index (κ1) is 26.0. The molecule has 1 amide bonds. The van der Waals surface area contributed by atoms with Crippen LogP contribution in [0.4, 0.5) is 5.95 Å². The first-order valence-corrected chi connectivity index (χ1v) is 12.2. The normalized spacial score (nSPS) is 16.0. The average molecular weight is 529 g/mol. The number of amides is 1. The first-order chi connectivity index (χ1) is 15.2. The second-order valence-corrected chi connectivity index (χ2v) is 9.87. The molecular formula is C23H28Cl3N5OS. The fraction of sp³-hybridized carbons (Fsp3) is 0.435. The smallest absolute Gasteiger partial charge is 0.252 e. The maximum Gasteiger partial charge on any atom is 0.252 e. The highest BCUT2D eigenvalue weighted by Crippen LogP contribution is 2.37. The van der Waals surface area contributed by atoms with Crippen LogP contribution in [0.5, 0.6) is 0 Å². The Bertz CT molecular complexity index is 1100. The molecule has 1 saturated heterocycles. The predicted octanol–water partition coefficient (Wildman–Crippen LogP) is 5.55. The summed E-state index contributed by atoms with van der Waals surface area (Å²) < 4.78 is 1.05. The molecule has 0 spiro atoms. The quantitative estimate of drug-likeness (QED) is 0.375. The van der Waals surface area contributed by atoms with Crippen LogP contribution in [0.1, 0.15) is 42.5 Å². The highest BCUT2D eigenvalue weighted by molar-refractivity contribution is 7.22. The van der Waals surface area contributed by atoms with E-state index >= 15 is 0 Å². The van der Waals surface area contributed by atoms with Crippen LogP contribution in [0.25, 0.3) is 20.7 Å². The van der Waals surface area contributed by atoms with Crippen LogP contribution in [0.3, 0.4) is 0 Å². The van der Waals surface area contributed by atoms with Gasteiger partial charge in [0.15, 0.2) is 0 Å². The number of piperidine rings is 1. The third-order valence-electron chi connectivity index (χ3n) is 5.99. The van der Waals surface area contributed by atoms with Crippen LogP contribution in [0.15, 0.2) is 30.5 Å². The number of benzene rings is 1. The van der Waals surface area contributed by atoms with Gasteiger partial charge in [0.1, 0.15) is 5.69 Å². The minimum absolute atomic E-state index is 0. The van der Waals surface area contributed by atoms with Crippen LogP contribution in [0.2, 0.25) is 5.02 Å². The number of anilines is 1. The van der Waals surface area contributed by atoms with Gasteiger partial charge in [0.25, 0.3) is 5.91 Å². The monoisotopic (exact) mass is 527 g/mol. The van der Waals surface area contributed by atoms with Crippen LogP contribution in [0, 0.1) is 5.92 Å². The van der Waals surface area contributed by atoms with E-state index in [4.69, 9.17) is 16.6 Å². The summed E-state index contributed by atoms with van der Waals surface area (Å²) in [5.41, 5.74) is 1.41. The van der Waals surface area contributed by atoms with Crippen molar-refractivity contribution in [3.05, 3.63) is 41.0 Å². The Kier molecular flexibility index (Phi) is 9.18. The molecule has 10 heteroatoms. The van der Waals surface area contributed by atoms with Gasteiger partial charge in [-0.2, -0.15) is 0 Å². The summed E-state index contributed by atoms with van der Waals surface area (Å²) in [5, 5.41) is 11.3. The molecule has 1 saturated carbocycles. The Morgan fingerprint density at radius 3 is 2.73 bits per heavy atom. The van der Waals surface area contributed by atoms with E-state index in [0.717, 1.165) is 59.8 Å². The summed E-state index contributed by atoms with van der Waals surface area (Å²) >= 11 is 8.06. The van der Waals surface area contributed by atoms with Gasteiger partial charge in [-0.3, -0.25) is 4.79 Å². The Hall–Kier alpha value is -1.64. The van der Waals surface area contributed by atoms with Gasteiger partial charge in [-0.1, -0.05) is 17.7 Å². The zero-order valence-corrected chi connectivity index (χ0v) is 21.3. The molecule has 2 aromatic heterocycles. The molecule has 2 aliphatic rings. The summed E-state index contributed by atoms with van der Waals surface area (Å²) in [6.07, 6.45) is 7.37. The van der Waals surface area contributed by atoms with Gasteiger partial charge in [0.2, 0.25) is 5.95 Å². The fourth-order valence-corrected chi connectivity index (χ4v) is 5.39. The summed E-state index contributed by atoms with van der Waals surface area (Å²) in [6.45, 7) is 3.07. The van der Waals surface area contributed by atoms with Crippen molar-refractivity contribution in [1.82, 2.24) is 20.6 Å². The van der Waals surface area contributed by atoms with Crippen molar-refractivity contribution in [3.63, 3.8) is 0 Å². The molecule has 3 aromatic rings. The molecular weight excluding hydrogens is 501 g/mol. The first-order valence-electron chi connectivity index (χ1n) is 11.0. The van der Waals surface area contributed by atoms with Gasteiger partial charge in [-0.05, 0) is 69.3 Å². The Labute approximate surface area is 215 Å². The van der Waals surface area contributed by atoms with Gasteiger partial charge in [0, 0.05) is 28.2 Å². The molecule has 5 rings (SSSR count). The fourth-order valence-electron chi connectivity index (χ4n) is 4.05. The molecule has 6 nitrogen and oxygen atoms in total. The third-order valence-corrected chi connectivity index (χ3v) is 7.37. The minimum Gasteiger partial charge on any atom is -0.354 e. The van der Waals surface area contributed by atoms with E-state index < -0.39 is 0 Å². The van der Waals surface area contributed by atoms with Crippen molar-refractivity contribution < 1.29 is 4.79 Å². The van der Waals surface area contributed by atoms with Gasteiger partial charge in [-0.15, -0.1) is 36.2 Å². The molecule has 1 aliphatic heterocycles. The van der Waals surface area contributed by atoms with E-state index in [0.29, 0.717) is 28.3 Å². The van der Waals surface area contributed by atoms with Gasteiger partial charge < -0.3 is 16.0 Å². The molecule has 33 heavy (non-hydrogen) atoms. The topological polar surface area (TPSA) is 78.9 Å². The predicted molar refractivity (Wildman–Crippen MR) is 142 cm³/mol. The molecule has 178 valence electrons. The number of aromatic nitrogens is 2. The van der Waals surface area contributed by atoms with Crippen molar-refractivity contribution in [2.24, 2.45) is 5.92 Å². The number of halogens is 3. The Morgan fingerprint density at radius 2 is 1.97 bits per heavy atom. The zero-order valence-electron chi connectivity index (χ0n) is 18.1. The maximum absolute atomic E-state index is 12.7. The highest BCUT2D eigenvalue weighted by Gasteiger charge is 2.25. The molecule has 3 heterocycles. The number of fused-ring (bicyclic) bond motifs is 1. The number of carbonyl (C=O) groups excluding carboxylic acids is 1. The Balaban J connectivity index is 0.00000153. The molecule has 0 bridgehead atoms. The summed E-state index contributed by atoms with van der Waals surface area (Å²) in [4.78, 5) is 22.6. The third kappa shape index (κ3) is 6.28. The van der Waals surface area contributed by atoms with E-state index in [1.807, 2.05) is 24.3 Å². The number of rotatable bonds is 7. The minimum atomic E-state index is -0.00787. The average Bonchev–Trinajstić information content (AvgIpc) is 3.49. The molecule has 0 atom stereocenters. The van der Waals surface area contributed by atoms with Gasteiger partial charge in [0.05, 0.1) is 16.1 Å². The highest BCUT2D eigenvalue weighted by atomic mass is 35.5.